The van der Waals surface area contributed by atoms with Gasteiger partial charge in [0.25, 0.3) is 0 Å². The number of hydrogen-bond donors (Lipinski definition) is 2. The third-order valence-corrected chi connectivity index (χ3v) is 1.84. The molecule has 0 aromatic rings. The second-order valence-corrected chi connectivity index (χ2v) is 4.89. The van der Waals surface area contributed by atoms with Crippen molar-refractivity contribution in [1.82, 2.24) is 0 Å². The van der Waals surface area contributed by atoms with Gasteiger partial charge in [0.15, 0.2) is 11.6 Å². The van der Waals surface area contributed by atoms with E-state index < -0.39 is 0 Å². The number of carbonyl (C=O) groups excluding carboxylic acids is 2. The zero-order valence-corrected chi connectivity index (χ0v) is 18.9. The van der Waals surface area contributed by atoms with Crippen LogP contribution < -0.4 is 10.2 Å². The van der Waals surface area contributed by atoms with Crippen LogP contribution in [-0.4, -0.2) is 35.0 Å². The van der Waals surface area contributed by atoms with E-state index in [4.69, 9.17) is 10.2 Å². The van der Waals surface area contributed by atoms with E-state index in [9.17, 15) is 19.8 Å². The van der Waals surface area contributed by atoms with Crippen LogP contribution in [0.4, 0.5) is 0 Å². The molecule has 0 fully saturated rings. The van der Waals surface area contributed by atoms with Gasteiger partial charge >= 0.3 is 26.2 Å². The van der Waals surface area contributed by atoms with Crippen molar-refractivity contribution >= 4 is 11.6 Å². The summed E-state index contributed by atoms with van der Waals surface area (Å²) in [5.74, 6) is -0.750. The first kappa shape index (κ1) is 35.4. The molecular formula is C18H34O6Zr. The second kappa shape index (κ2) is 31.0. The van der Waals surface area contributed by atoms with Crippen molar-refractivity contribution in [3.63, 3.8) is 0 Å². The quantitative estimate of drug-likeness (QED) is 0.476. The molecule has 0 aromatic carbocycles. The molecule has 7 heteroatoms. The summed E-state index contributed by atoms with van der Waals surface area (Å²) in [6.45, 7) is 10.2. The molecule has 25 heavy (non-hydrogen) atoms. The molecule has 0 amide bonds. The van der Waals surface area contributed by atoms with Crippen molar-refractivity contribution in [2.24, 2.45) is 0 Å². The molecule has 0 radical (unpaired) electrons. The molecule has 0 atom stereocenters. The zero-order valence-electron chi connectivity index (χ0n) is 16.4. The van der Waals surface area contributed by atoms with Gasteiger partial charge in [-0.15, -0.1) is 11.5 Å². The number of hydrogen-bond acceptors (Lipinski definition) is 6. The molecule has 0 aromatic heterocycles. The Balaban J connectivity index is -0.0000000711. The first-order valence-corrected chi connectivity index (χ1v) is 8.02. The maximum atomic E-state index is 9.98. The zero-order chi connectivity index (χ0) is 20.0. The van der Waals surface area contributed by atoms with Crippen LogP contribution in [0.2, 0.25) is 0 Å². The summed E-state index contributed by atoms with van der Waals surface area (Å²) in [6, 6.07) is 0. The Morgan fingerprint density at radius 3 is 1.00 bits per heavy atom. The predicted molar refractivity (Wildman–Crippen MR) is 92.9 cm³/mol. The number of aliphatic hydroxyl groups excluding tert-OH is 2. The summed E-state index contributed by atoms with van der Waals surface area (Å²) in [6.07, 6.45) is 6.19. The van der Waals surface area contributed by atoms with Crippen LogP contribution in [0.5, 0.6) is 0 Å². The third kappa shape index (κ3) is 83.0. The van der Waals surface area contributed by atoms with Crippen LogP contribution in [0, 0.1) is 0 Å². The number of aliphatic hydroxyl groups is 2. The molecule has 6 nitrogen and oxygen atoms in total. The summed E-state index contributed by atoms with van der Waals surface area (Å²) in [5.41, 5.74) is 0. The Morgan fingerprint density at radius 2 is 1.00 bits per heavy atom. The number of unbranched alkanes of at least 4 members (excludes halogenated alkanes) is 2. The standard InChI is InChI=1S/2C5H8O2.2C4H10O.Zr/c2*1-4(6)3-5(2)7;2*1-2-3-4-5;/h2*3,6H,1-2H3;2*5H,2-4H2,1H3;/q;;;;+2/p-2/b2*4-3-;;;. The van der Waals surface area contributed by atoms with Crippen molar-refractivity contribution in [1.29, 1.82) is 0 Å². The Morgan fingerprint density at radius 1 is 0.760 bits per heavy atom. The summed E-state index contributed by atoms with van der Waals surface area (Å²) in [4.78, 5) is 20.0. The van der Waals surface area contributed by atoms with Crippen molar-refractivity contribution in [3.05, 3.63) is 23.7 Å². The molecule has 0 aliphatic carbocycles. The third-order valence-electron chi connectivity index (χ3n) is 1.84. The van der Waals surface area contributed by atoms with Gasteiger partial charge in [-0.2, -0.15) is 0 Å². The van der Waals surface area contributed by atoms with Crippen LogP contribution in [0.15, 0.2) is 23.7 Å². The first-order chi connectivity index (χ1) is 11.1. The van der Waals surface area contributed by atoms with E-state index in [1.165, 1.54) is 27.7 Å². The van der Waals surface area contributed by atoms with E-state index >= 15 is 0 Å². The van der Waals surface area contributed by atoms with Crippen LogP contribution in [0.25, 0.3) is 0 Å². The normalized spacial score (nSPS) is 9.76. The molecule has 0 aliphatic rings. The molecule has 0 unspecified atom stereocenters. The van der Waals surface area contributed by atoms with Gasteiger partial charge in [0.2, 0.25) is 0 Å². The van der Waals surface area contributed by atoms with E-state index in [1.807, 2.05) is 0 Å². The van der Waals surface area contributed by atoms with Gasteiger partial charge in [-0.1, -0.05) is 40.5 Å². The molecule has 0 saturated carbocycles. The fraction of sp³-hybridized carbons (Fsp3) is 0.667. The Kier molecular flexibility index (Phi) is 43.9. The number of ketones is 2. The summed E-state index contributed by atoms with van der Waals surface area (Å²) in [5, 5.41) is 36.1. The molecule has 0 heterocycles. The van der Waals surface area contributed by atoms with Gasteiger partial charge < -0.3 is 20.4 Å². The van der Waals surface area contributed by atoms with Gasteiger partial charge in [-0.3, -0.25) is 9.59 Å². The minimum absolute atomic E-state index is 0. The summed E-state index contributed by atoms with van der Waals surface area (Å²) < 4.78 is 0. The molecule has 0 saturated heterocycles. The Hall–Kier alpha value is -0.777. The van der Waals surface area contributed by atoms with Crippen molar-refractivity contribution in [2.75, 3.05) is 13.2 Å². The van der Waals surface area contributed by atoms with Gasteiger partial charge in [0, 0.05) is 13.2 Å². The molecular weight excluding hydrogens is 403 g/mol. The SMILES string of the molecule is CC(=O)/C=C(/C)[O-].CC(=O)/C=C(/C)[O-].CCCCO.CCCCO.[Zr+2]. The minimum atomic E-state index is -0.187. The first-order valence-electron chi connectivity index (χ1n) is 8.02. The fourth-order valence-electron chi connectivity index (χ4n) is 0.889. The summed E-state index contributed by atoms with van der Waals surface area (Å²) >= 11 is 0. The molecule has 0 rings (SSSR count). The largest absolute Gasteiger partial charge is 2.00 e. The van der Waals surface area contributed by atoms with Gasteiger partial charge in [-0.05, 0) is 38.8 Å². The van der Waals surface area contributed by atoms with Gasteiger partial charge in [0.1, 0.15) is 0 Å². The summed E-state index contributed by atoms with van der Waals surface area (Å²) in [7, 11) is 0. The second-order valence-electron chi connectivity index (χ2n) is 4.89. The number of rotatable bonds is 6. The van der Waals surface area contributed by atoms with Crippen molar-refractivity contribution in [2.45, 2.75) is 67.2 Å². The van der Waals surface area contributed by atoms with Crippen molar-refractivity contribution in [3.8, 4) is 0 Å². The van der Waals surface area contributed by atoms with E-state index in [2.05, 4.69) is 13.8 Å². The fourth-order valence-corrected chi connectivity index (χ4v) is 0.889. The molecule has 0 aliphatic heterocycles. The maximum Gasteiger partial charge on any atom is 2.00 e. The Bertz CT molecular complexity index is 305. The molecule has 2 N–H and O–H groups in total. The average molecular weight is 438 g/mol. The van der Waals surface area contributed by atoms with Crippen LogP contribution in [0.3, 0.4) is 0 Å². The van der Waals surface area contributed by atoms with E-state index in [0.29, 0.717) is 13.2 Å². The van der Waals surface area contributed by atoms with E-state index in [0.717, 1.165) is 37.8 Å². The topological polar surface area (TPSA) is 121 Å². The number of allylic oxidation sites excluding steroid dienone is 4. The van der Waals surface area contributed by atoms with Gasteiger partial charge in [-0.25, -0.2) is 0 Å². The van der Waals surface area contributed by atoms with E-state index in [-0.39, 0.29) is 49.3 Å². The molecule has 0 bridgehead atoms. The Labute approximate surface area is 171 Å². The monoisotopic (exact) mass is 436 g/mol. The van der Waals surface area contributed by atoms with Crippen molar-refractivity contribution < 1.29 is 56.2 Å². The molecule has 0 spiro atoms. The smallest absolute Gasteiger partial charge is 0.876 e. The van der Waals surface area contributed by atoms with E-state index in [1.54, 1.807) is 0 Å². The van der Waals surface area contributed by atoms with Crippen LogP contribution in [-0.2, 0) is 35.8 Å². The average Bonchev–Trinajstić information content (AvgIpc) is 2.39. The molecule has 146 valence electrons. The van der Waals surface area contributed by atoms with Crippen LogP contribution in [0.1, 0.15) is 67.2 Å². The predicted octanol–water partition coefficient (Wildman–Crippen LogP) is 1.23. The maximum absolute atomic E-state index is 9.98. The minimum Gasteiger partial charge on any atom is -0.876 e. The van der Waals surface area contributed by atoms with Gasteiger partial charge in [0.05, 0.1) is 0 Å². The number of carbonyl (C=O) groups is 2. The van der Waals surface area contributed by atoms with Crippen LogP contribution >= 0.6 is 0 Å².